The van der Waals surface area contributed by atoms with Gasteiger partial charge in [-0.1, -0.05) is 29.8 Å². The third-order valence-electron chi connectivity index (χ3n) is 1.75. The molecule has 1 rings (SSSR count). The summed E-state index contributed by atoms with van der Waals surface area (Å²) in [6.45, 7) is 0.359. The highest BCUT2D eigenvalue weighted by Crippen LogP contribution is 2.04. The van der Waals surface area contributed by atoms with Gasteiger partial charge >= 0.3 is 7.12 Å². The van der Waals surface area contributed by atoms with Crippen molar-refractivity contribution in [1.29, 1.82) is 0 Å². The van der Waals surface area contributed by atoms with Gasteiger partial charge in [-0.2, -0.15) is 0 Å². The van der Waals surface area contributed by atoms with Crippen LogP contribution in [-0.4, -0.2) is 30.5 Å². The van der Waals surface area contributed by atoms with Crippen LogP contribution in [0, 0.1) is 0 Å². The van der Waals surface area contributed by atoms with E-state index in [-0.39, 0.29) is 6.61 Å². The fourth-order valence-corrected chi connectivity index (χ4v) is 1.25. The van der Waals surface area contributed by atoms with Crippen LogP contribution in [-0.2, 0) is 4.65 Å². The second-order valence-corrected chi connectivity index (χ2v) is 3.23. The molecule has 1 aromatic carbocycles. The molecule has 0 bridgehead atoms. The van der Waals surface area contributed by atoms with Gasteiger partial charge in [0.05, 0.1) is 0 Å². The molecule has 0 aromatic heterocycles. The Balaban J connectivity index is 2.51. The Morgan fingerprint density at radius 2 is 2.07 bits per heavy atom. The number of aliphatic hydroxyl groups is 1. The minimum atomic E-state index is -1.02. The van der Waals surface area contributed by atoms with Crippen molar-refractivity contribution < 1.29 is 14.8 Å². The maximum absolute atomic E-state index is 9.54. The van der Waals surface area contributed by atoms with Gasteiger partial charge in [0.15, 0.2) is 0 Å². The Morgan fingerprint density at radius 3 is 2.71 bits per heavy atom. The summed E-state index contributed by atoms with van der Waals surface area (Å²) >= 11 is 5.84. The summed E-state index contributed by atoms with van der Waals surface area (Å²) in [5.41, 5.74) is 0.548. The van der Waals surface area contributed by atoms with Gasteiger partial charge in [0.25, 0.3) is 0 Å². The molecule has 0 aliphatic carbocycles. The Labute approximate surface area is 88.4 Å². The lowest BCUT2D eigenvalue weighted by molar-refractivity contribution is 0.216. The molecule has 0 heterocycles. The van der Waals surface area contributed by atoms with Crippen LogP contribution in [0.3, 0.4) is 0 Å². The van der Waals surface area contributed by atoms with Crippen molar-refractivity contribution in [3.05, 3.63) is 29.3 Å². The van der Waals surface area contributed by atoms with Crippen LogP contribution in [0.15, 0.2) is 24.3 Å². The van der Waals surface area contributed by atoms with E-state index in [0.29, 0.717) is 23.5 Å². The molecule has 0 amide bonds. The molecule has 1 aromatic rings. The van der Waals surface area contributed by atoms with Crippen LogP contribution in [0.5, 0.6) is 0 Å². The maximum atomic E-state index is 9.54. The molecule has 0 atom stereocenters. The predicted molar refractivity (Wildman–Crippen MR) is 56.7 cm³/mol. The Kier molecular flexibility index (Phi) is 4.97. The van der Waals surface area contributed by atoms with Crippen molar-refractivity contribution in [2.45, 2.75) is 6.42 Å². The molecule has 0 saturated heterocycles. The van der Waals surface area contributed by atoms with Crippen molar-refractivity contribution in [2.24, 2.45) is 0 Å². The average Bonchev–Trinajstić information content (AvgIpc) is 2.18. The minimum Gasteiger partial charge on any atom is -0.423 e. The van der Waals surface area contributed by atoms with E-state index in [9.17, 15) is 5.02 Å². The summed E-state index contributed by atoms with van der Waals surface area (Å²) in [6, 6.07) is 6.95. The maximum Gasteiger partial charge on any atom is 0.492 e. The molecular formula is C9H12BClO3. The van der Waals surface area contributed by atoms with Crippen molar-refractivity contribution in [2.75, 3.05) is 13.2 Å². The highest BCUT2D eigenvalue weighted by molar-refractivity contribution is 6.63. The van der Waals surface area contributed by atoms with Crippen LogP contribution in [0.25, 0.3) is 0 Å². The normalized spacial score (nSPS) is 10.2. The SMILES string of the molecule is OCCCOB(O)c1ccccc1Cl. The van der Waals surface area contributed by atoms with Crippen molar-refractivity contribution in [1.82, 2.24) is 0 Å². The van der Waals surface area contributed by atoms with Gasteiger partial charge in [-0.25, -0.2) is 0 Å². The topological polar surface area (TPSA) is 49.7 Å². The van der Waals surface area contributed by atoms with E-state index in [0.717, 1.165) is 0 Å². The minimum absolute atomic E-state index is 0.0508. The number of hydrogen-bond acceptors (Lipinski definition) is 3. The fourth-order valence-electron chi connectivity index (χ4n) is 1.02. The molecule has 0 spiro atoms. The number of benzene rings is 1. The Bertz CT molecular complexity index is 283. The van der Waals surface area contributed by atoms with Gasteiger partial charge in [0, 0.05) is 23.7 Å². The summed E-state index contributed by atoms with van der Waals surface area (Å²) < 4.78 is 5.06. The predicted octanol–water partition coefficient (Wildman–Crippen LogP) is 0.426. The molecule has 5 heteroatoms. The van der Waals surface area contributed by atoms with Crippen LogP contribution < -0.4 is 5.46 Å². The van der Waals surface area contributed by atoms with Crippen LogP contribution >= 0.6 is 11.6 Å². The van der Waals surface area contributed by atoms with Crippen LogP contribution in [0.4, 0.5) is 0 Å². The van der Waals surface area contributed by atoms with Gasteiger partial charge in [-0.3, -0.25) is 0 Å². The first-order valence-electron chi connectivity index (χ1n) is 4.40. The zero-order valence-electron chi connectivity index (χ0n) is 7.69. The average molecular weight is 214 g/mol. The second-order valence-electron chi connectivity index (χ2n) is 2.82. The number of halogens is 1. The van der Waals surface area contributed by atoms with Crippen molar-refractivity contribution >= 4 is 24.2 Å². The van der Waals surface area contributed by atoms with E-state index in [2.05, 4.69) is 0 Å². The monoisotopic (exact) mass is 214 g/mol. The summed E-state index contributed by atoms with van der Waals surface area (Å²) in [5, 5.41) is 18.5. The summed E-state index contributed by atoms with van der Waals surface area (Å²) in [4.78, 5) is 0. The standard InChI is InChI=1S/C9H12BClO3/c11-9-5-2-1-4-8(9)10(13)14-7-3-6-12/h1-2,4-5,12-13H,3,6-7H2. The van der Waals surface area contributed by atoms with Crippen LogP contribution in [0.2, 0.25) is 5.02 Å². The number of rotatable bonds is 5. The summed E-state index contributed by atoms with van der Waals surface area (Å²) in [5.74, 6) is 0. The van der Waals surface area contributed by atoms with E-state index < -0.39 is 7.12 Å². The molecule has 0 fully saturated rings. The van der Waals surface area contributed by atoms with Gasteiger partial charge in [-0.05, 0) is 12.5 Å². The largest absolute Gasteiger partial charge is 0.492 e. The molecular weight excluding hydrogens is 202 g/mol. The first kappa shape index (κ1) is 11.5. The van der Waals surface area contributed by atoms with Crippen LogP contribution in [0.1, 0.15) is 6.42 Å². The molecule has 3 nitrogen and oxygen atoms in total. The van der Waals surface area contributed by atoms with Gasteiger partial charge in [-0.15, -0.1) is 0 Å². The first-order valence-corrected chi connectivity index (χ1v) is 4.78. The lowest BCUT2D eigenvalue weighted by Crippen LogP contribution is -2.34. The second kappa shape index (κ2) is 6.04. The Morgan fingerprint density at radius 1 is 1.36 bits per heavy atom. The zero-order valence-corrected chi connectivity index (χ0v) is 8.44. The van der Waals surface area contributed by atoms with Crippen molar-refractivity contribution in [3.8, 4) is 0 Å². The third-order valence-corrected chi connectivity index (χ3v) is 2.09. The number of aliphatic hydroxyl groups excluding tert-OH is 1. The number of hydrogen-bond donors (Lipinski definition) is 2. The summed E-state index contributed by atoms with van der Waals surface area (Å²) in [7, 11) is -1.02. The quantitative estimate of drug-likeness (QED) is 0.552. The highest BCUT2D eigenvalue weighted by atomic mass is 35.5. The smallest absolute Gasteiger partial charge is 0.423 e. The lowest BCUT2D eigenvalue weighted by atomic mass is 9.79. The molecule has 0 saturated carbocycles. The molecule has 0 aliphatic rings. The first-order chi connectivity index (χ1) is 6.75. The van der Waals surface area contributed by atoms with E-state index >= 15 is 0 Å². The third kappa shape index (κ3) is 3.31. The molecule has 0 unspecified atom stereocenters. The van der Waals surface area contributed by atoms with Gasteiger partial charge in [0.2, 0.25) is 0 Å². The van der Waals surface area contributed by atoms with E-state index in [4.69, 9.17) is 21.4 Å². The van der Waals surface area contributed by atoms with Gasteiger partial charge in [0.1, 0.15) is 0 Å². The lowest BCUT2D eigenvalue weighted by Gasteiger charge is -2.08. The van der Waals surface area contributed by atoms with Gasteiger partial charge < -0.3 is 14.8 Å². The highest BCUT2D eigenvalue weighted by Gasteiger charge is 2.18. The van der Waals surface area contributed by atoms with Crippen molar-refractivity contribution in [3.63, 3.8) is 0 Å². The fraction of sp³-hybridized carbons (Fsp3) is 0.333. The zero-order chi connectivity index (χ0) is 10.4. The Hall–Kier alpha value is -0.545. The molecule has 0 aliphatic heterocycles. The van der Waals surface area contributed by atoms with E-state index in [1.165, 1.54) is 0 Å². The molecule has 0 radical (unpaired) electrons. The van der Waals surface area contributed by atoms with E-state index in [1.807, 2.05) is 0 Å². The molecule has 76 valence electrons. The molecule has 2 N–H and O–H groups in total. The summed E-state index contributed by atoms with van der Waals surface area (Å²) in [6.07, 6.45) is 0.502. The van der Waals surface area contributed by atoms with E-state index in [1.54, 1.807) is 24.3 Å². The molecule has 14 heavy (non-hydrogen) atoms.